The van der Waals surface area contributed by atoms with Crippen molar-refractivity contribution in [2.45, 2.75) is 289 Å². The van der Waals surface area contributed by atoms with Gasteiger partial charge in [-0.1, -0.05) is 215 Å². The Morgan fingerprint density at radius 3 is 1.34 bits per heavy atom. The number of aliphatic hydroxyl groups excluding tert-OH is 2. The van der Waals surface area contributed by atoms with Gasteiger partial charge in [0.25, 0.3) is 0 Å². The minimum atomic E-state index is -1.93. The maximum atomic E-state index is 13.2. The molecule has 1 fully saturated rings. The molecule has 6 unspecified atom stereocenters. The monoisotopic (exact) mass is 1080 g/mol. The Hall–Kier alpha value is -4.10. The third kappa shape index (κ3) is 42.5. The second-order valence-electron chi connectivity index (χ2n) is 20.6. The molecular weight excluding hydrogens is 973 g/mol. The summed E-state index contributed by atoms with van der Waals surface area (Å²) in [5.74, 6) is -3.24. The van der Waals surface area contributed by atoms with Crippen molar-refractivity contribution in [3.63, 3.8) is 0 Å². The number of esters is 3. The van der Waals surface area contributed by atoms with Crippen LogP contribution in [0.4, 0.5) is 0 Å². The first-order valence-corrected chi connectivity index (χ1v) is 30.6. The number of carbonyl (C=O) groups is 4. The second-order valence-corrected chi connectivity index (χ2v) is 20.6. The van der Waals surface area contributed by atoms with Crippen molar-refractivity contribution in [3.8, 4) is 0 Å². The standard InChI is InChI=1S/C65H108O12/c1-4-7-10-13-16-19-22-25-27-28-29-30-32-34-36-39-42-45-48-51-57(66)73-54-56(75-58(67)52-49-46-43-40-38-35-31-26-23-20-17-14-11-8-5-2)55-74-65-63(61(70)60(69)62(77-65)64(71)72)76-59(68)53-50-47-44-41-37-33-24-21-18-15-12-9-6-3/h9,12,16,18-19,21,25-27,31,33,37,44,47,56,60-63,65,69-70H,4-8,10-11,13-15,17,20,22-24,28-30,32,34-36,38-43,45-46,48-55H2,1-3H3,(H,71,72)/b12-9-,19-16-,21-18-,27-25-,31-26-,37-33-,47-44-. The van der Waals surface area contributed by atoms with Gasteiger partial charge in [0.1, 0.15) is 18.8 Å². The fourth-order valence-corrected chi connectivity index (χ4v) is 8.76. The zero-order valence-electron chi connectivity index (χ0n) is 48.4. The van der Waals surface area contributed by atoms with Crippen LogP contribution in [0.15, 0.2) is 85.1 Å². The van der Waals surface area contributed by atoms with E-state index < -0.39 is 67.3 Å². The number of hydrogen-bond donors (Lipinski definition) is 3. The summed E-state index contributed by atoms with van der Waals surface area (Å²) in [6.07, 6.45) is 55.7. The van der Waals surface area contributed by atoms with Gasteiger partial charge in [-0.3, -0.25) is 14.4 Å². The largest absolute Gasteiger partial charge is 0.479 e. The van der Waals surface area contributed by atoms with E-state index in [4.69, 9.17) is 23.7 Å². The zero-order chi connectivity index (χ0) is 56.1. The number of carboxylic acid groups (broad SMARTS) is 1. The van der Waals surface area contributed by atoms with E-state index in [9.17, 15) is 34.5 Å². The molecule has 1 saturated heterocycles. The first kappa shape index (κ1) is 70.9. The fraction of sp³-hybridized carbons (Fsp3) is 0.723. The van der Waals surface area contributed by atoms with Gasteiger partial charge in [-0.2, -0.15) is 0 Å². The number of allylic oxidation sites excluding steroid dienone is 14. The second kappa shape index (κ2) is 52.6. The summed E-state index contributed by atoms with van der Waals surface area (Å²) < 4.78 is 28.4. The van der Waals surface area contributed by atoms with Crippen LogP contribution in [-0.4, -0.2) is 89.2 Å². The topological polar surface area (TPSA) is 175 Å². The van der Waals surface area contributed by atoms with Crippen molar-refractivity contribution in [1.29, 1.82) is 0 Å². The van der Waals surface area contributed by atoms with E-state index in [0.717, 1.165) is 89.9 Å². The Labute approximate surface area is 467 Å². The number of aliphatic carboxylic acids is 1. The Morgan fingerprint density at radius 1 is 0.442 bits per heavy atom. The van der Waals surface area contributed by atoms with Gasteiger partial charge in [-0.25, -0.2) is 4.79 Å². The molecule has 77 heavy (non-hydrogen) atoms. The van der Waals surface area contributed by atoms with E-state index in [-0.39, 0.29) is 25.9 Å². The van der Waals surface area contributed by atoms with Gasteiger partial charge in [0.2, 0.25) is 0 Å². The SMILES string of the molecule is CC/C=C\C/C=C\C/C=C\C/C=C\CCC(=O)OC1C(OCC(COC(=O)CCCCCCCCCCC/C=C\C/C=C\CCCCC)OC(=O)CCCCCCC/C=C\CCCCCCCC)OC(C(=O)O)C(O)C1O. The molecule has 0 amide bonds. The van der Waals surface area contributed by atoms with Crippen molar-refractivity contribution in [2.24, 2.45) is 0 Å². The van der Waals surface area contributed by atoms with Crippen LogP contribution in [0.1, 0.15) is 252 Å². The van der Waals surface area contributed by atoms with E-state index in [2.05, 4.69) is 87.6 Å². The number of ether oxygens (including phenoxy) is 5. The molecule has 1 aliphatic heterocycles. The van der Waals surface area contributed by atoms with Gasteiger partial charge in [0.15, 0.2) is 24.6 Å². The Kier molecular flexibility index (Phi) is 48.4. The summed E-state index contributed by atoms with van der Waals surface area (Å²) in [6, 6.07) is 0. The first-order chi connectivity index (χ1) is 37.6. The number of rotatable bonds is 51. The third-order valence-corrected chi connectivity index (χ3v) is 13.4. The Balaban J connectivity index is 2.71. The van der Waals surface area contributed by atoms with Crippen molar-refractivity contribution in [1.82, 2.24) is 0 Å². The fourth-order valence-electron chi connectivity index (χ4n) is 8.76. The van der Waals surface area contributed by atoms with Crippen molar-refractivity contribution in [3.05, 3.63) is 85.1 Å². The van der Waals surface area contributed by atoms with Crippen molar-refractivity contribution in [2.75, 3.05) is 13.2 Å². The van der Waals surface area contributed by atoms with Gasteiger partial charge in [-0.15, -0.1) is 0 Å². The third-order valence-electron chi connectivity index (χ3n) is 13.4. The van der Waals surface area contributed by atoms with E-state index in [1.165, 1.54) is 96.3 Å². The average Bonchev–Trinajstić information content (AvgIpc) is 3.42. The van der Waals surface area contributed by atoms with E-state index in [1.807, 2.05) is 18.2 Å². The van der Waals surface area contributed by atoms with Crippen LogP contribution in [0.3, 0.4) is 0 Å². The lowest BCUT2D eigenvalue weighted by molar-refractivity contribution is -0.301. The molecule has 0 radical (unpaired) electrons. The first-order valence-electron chi connectivity index (χ1n) is 30.6. The minimum absolute atomic E-state index is 0.0641. The zero-order valence-corrected chi connectivity index (χ0v) is 48.4. The molecule has 0 bridgehead atoms. The molecule has 1 aliphatic rings. The molecule has 0 aliphatic carbocycles. The summed E-state index contributed by atoms with van der Waals surface area (Å²) >= 11 is 0. The van der Waals surface area contributed by atoms with E-state index >= 15 is 0 Å². The van der Waals surface area contributed by atoms with Crippen LogP contribution in [-0.2, 0) is 42.9 Å². The van der Waals surface area contributed by atoms with Gasteiger partial charge in [0.05, 0.1) is 6.61 Å². The van der Waals surface area contributed by atoms with Gasteiger partial charge >= 0.3 is 23.9 Å². The quantitative estimate of drug-likeness (QED) is 0.0228. The molecule has 0 aromatic heterocycles. The average molecular weight is 1080 g/mol. The summed E-state index contributed by atoms with van der Waals surface area (Å²) in [5, 5.41) is 31.5. The maximum Gasteiger partial charge on any atom is 0.335 e. The molecular formula is C65H108O12. The van der Waals surface area contributed by atoms with Crippen LogP contribution in [0.25, 0.3) is 0 Å². The van der Waals surface area contributed by atoms with Gasteiger partial charge in [0, 0.05) is 19.3 Å². The van der Waals surface area contributed by atoms with Crippen LogP contribution < -0.4 is 0 Å². The van der Waals surface area contributed by atoms with Gasteiger partial charge < -0.3 is 39.0 Å². The summed E-state index contributed by atoms with van der Waals surface area (Å²) in [6.45, 7) is 5.81. The van der Waals surface area contributed by atoms with Crippen molar-refractivity contribution >= 4 is 23.9 Å². The molecule has 1 heterocycles. The Morgan fingerprint density at radius 2 is 0.844 bits per heavy atom. The molecule has 6 atom stereocenters. The summed E-state index contributed by atoms with van der Waals surface area (Å²) in [7, 11) is 0. The maximum absolute atomic E-state index is 13.2. The van der Waals surface area contributed by atoms with Crippen LogP contribution in [0.5, 0.6) is 0 Å². The molecule has 0 saturated carbocycles. The lowest BCUT2D eigenvalue weighted by atomic mass is 9.98. The lowest BCUT2D eigenvalue weighted by Gasteiger charge is -2.40. The Bertz CT molecular complexity index is 1660. The molecule has 1 rings (SSSR count). The number of unbranched alkanes of at least 4 members (excludes halogenated alkanes) is 23. The predicted molar refractivity (Wildman–Crippen MR) is 312 cm³/mol. The smallest absolute Gasteiger partial charge is 0.335 e. The highest BCUT2D eigenvalue weighted by Crippen LogP contribution is 2.26. The molecule has 3 N–H and O–H groups in total. The van der Waals surface area contributed by atoms with Crippen LogP contribution in [0.2, 0.25) is 0 Å². The highest BCUT2D eigenvalue weighted by atomic mass is 16.7. The lowest BCUT2D eigenvalue weighted by Crippen LogP contribution is -2.61. The molecule has 12 nitrogen and oxygen atoms in total. The number of hydrogen-bond acceptors (Lipinski definition) is 11. The predicted octanol–water partition coefficient (Wildman–Crippen LogP) is 15.9. The van der Waals surface area contributed by atoms with Crippen LogP contribution >= 0.6 is 0 Å². The molecule has 440 valence electrons. The highest BCUT2D eigenvalue weighted by Gasteiger charge is 2.50. The number of aliphatic hydroxyl groups is 2. The molecule has 0 aromatic rings. The van der Waals surface area contributed by atoms with E-state index in [0.29, 0.717) is 25.7 Å². The number of carbonyl (C=O) groups excluding carboxylic acids is 3. The highest BCUT2D eigenvalue weighted by molar-refractivity contribution is 5.74. The number of carboxylic acids is 1. The molecule has 12 heteroatoms. The normalized spacial score (nSPS) is 18.6. The summed E-state index contributed by atoms with van der Waals surface area (Å²) in [5.41, 5.74) is 0. The molecule has 0 aromatic carbocycles. The van der Waals surface area contributed by atoms with Gasteiger partial charge in [-0.05, 0) is 103 Å². The summed E-state index contributed by atoms with van der Waals surface area (Å²) in [4.78, 5) is 51.1. The molecule has 0 spiro atoms. The van der Waals surface area contributed by atoms with Crippen molar-refractivity contribution < 1.29 is 58.2 Å². The van der Waals surface area contributed by atoms with E-state index in [1.54, 1.807) is 0 Å². The van der Waals surface area contributed by atoms with Crippen LogP contribution in [0, 0.1) is 0 Å². The minimum Gasteiger partial charge on any atom is -0.479 e.